The molecule has 0 saturated heterocycles. The van der Waals surface area contributed by atoms with Crippen molar-refractivity contribution < 1.29 is 14.6 Å². The van der Waals surface area contributed by atoms with E-state index in [4.69, 9.17) is 4.74 Å². The smallest absolute Gasteiger partial charge is 0.337 e. The molecule has 5 nitrogen and oxygen atoms in total. The first kappa shape index (κ1) is 15.5. The van der Waals surface area contributed by atoms with Crippen LogP contribution in [0.1, 0.15) is 43.9 Å². The fourth-order valence-corrected chi connectivity index (χ4v) is 2.42. The van der Waals surface area contributed by atoms with Gasteiger partial charge in [-0.05, 0) is 19.1 Å². The van der Waals surface area contributed by atoms with Gasteiger partial charge in [-0.15, -0.1) is 0 Å². The highest BCUT2D eigenvalue weighted by atomic mass is 16.5. The van der Waals surface area contributed by atoms with Crippen LogP contribution in [0.5, 0.6) is 0 Å². The molecule has 1 aromatic carbocycles. The number of aromatic carboxylic acids is 1. The Bertz CT molecular complexity index is 653. The molecule has 21 heavy (non-hydrogen) atoms. The number of carboxylic acid groups (broad SMARTS) is 1. The summed E-state index contributed by atoms with van der Waals surface area (Å²) in [5.74, 6) is -0.0681. The molecule has 0 amide bonds. The third-order valence-electron chi connectivity index (χ3n) is 3.34. The predicted molar refractivity (Wildman–Crippen MR) is 81.9 cm³/mol. The summed E-state index contributed by atoms with van der Waals surface area (Å²) in [5, 5.41) is 9.33. The van der Waals surface area contributed by atoms with Crippen LogP contribution in [0.2, 0.25) is 0 Å². The Labute approximate surface area is 124 Å². The lowest BCUT2D eigenvalue weighted by molar-refractivity contribution is 0.0699. The maximum absolute atomic E-state index is 11.4. The van der Waals surface area contributed by atoms with Crippen molar-refractivity contribution in [3.05, 3.63) is 29.6 Å². The van der Waals surface area contributed by atoms with Crippen molar-refractivity contribution in [3.63, 3.8) is 0 Å². The Hall–Kier alpha value is -1.88. The molecule has 0 aliphatic rings. The van der Waals surface area contributed by atoms with E-state index in [1.807, 2.05) is 13.0 Å². The first-order valence-corrected chi connectivity index (χ1v) is 7.17. The number of fused-ring (bicyclic) bond motifs is 1. The Morgan fingerprint density at radius 3 is 2.67 bits per heavy atom. The largest absolute Gasteiger partial charge is 0.478 e. The van der Waals surface area contributed by atoms with Crippen molar-refractivity contribution in [2.24, 2.45) is 0 Å². The zero-order valence-electron chi connectivity index (χ0n) is 13.0. The van der Waals surface area contributed by atoms with Crippen LogP contribution in [0.3, 0.4) is 0 Å². The summed E-state index contributed by atoms with van der Waals surface area (Å²) in [4.78, 5) is 16.0. The molecule has 0 aliphatic carbocycles. The molecular formula is C16H22N2O3. The van der Waals surface area contributed by atoms with Gasteiger partial charge in [-0.25, -0.2) is 9.78 Å². The van der Waals surface area contributed by atoms with Crippen molar-refractivity contribution in [3.8, 4) is 0 Å². The molecule has 0 saturated carbocycles. The van der Waals surface area contributed by atoms with Gasteiger partial charge in [-0.3, -0.25) is 0 Å². The first-order valence-electron chi connectivity index (χ1n) is 7.17. The fraction of sp³-hybridized carbons (Fsp3) is 0.500. The second-order valence-electron chi connectivity index (χ2n) is 6.01. The van der Waals surface area contributed by atoms with Gasteiger partial charge in [-0.1, -0.05) is 26.8 Å². The SMILES string of the molecule is CCOCCn1c(C(C)(C)C)nc2c(C(=O)O)cccc21. The molecule has 1 aromatic heterocycles. The minimum Gasteiger partial charge on any atom is -0.478 e. The summed E-state index contributed by atoms with van der Waals surface area (Å²) in [7, 11) is 0. The topological polar surface area (TPSA) is 64.4 Å². The van der Waals surface area contributed by atoms with E-state index in [1.165, 1.54) is 0 Å². The highest BCUT2D eigenvalue weighted by molar-refractivity contribution is 6.01. The van der Waals surface area contributed by atoms with Gasteiger partial charge in [0.15, 0.2) is 0 Å². The summed E-state index contributed by atoms with van der Waals surface area (Å²) in [6.45, 7) is 10.1. The number of hydrogen-bond donors (Lipinski definition) is 1. The van der Waals surface area contributed by atoms with Crippen molar-refractivity contribution in [1.29, 1.82) is 0 Å². The van der Waals surface area contributed by atoms with E-state index < -0.39 is 5.97 Å². The molecule has 0 fully saturated rings. The molecule has 1 N–H and O–H groups in total. The van der Waals surface area contributed by atoms with Crippen LogP contribution in [-0.2, 0) is 16.7 Å². The van der Waals surface area contributed by atoms with Gasteiger partial charge in [0.25, 0.3) is 0 Å². The van der Waals surface area contributed by atoms with Gasteiger partial charge in [-0.2, -0.15) is 0 Å². The van der Waals surface area contributed by atoms with Crippen LogP contribution in [0, 0.1) is 0 Å². The molecule has 0 radical (unpaired) electrons. The molecule has 0 bridgehead atoms. The first-order chi connectivity index (χ1) is 9.86. The molecular weight excluding hydrogens is 268 g/mol. The highest BCUT2D eigenvalue weighted by Crippen LogP contribution is 2.28. The Morgan fingerprint density at radius 2 is 2.10 bits per heavy atom. The van der Waals surface area contributed by atoms with Crippen molar-refractivity contribution in [2.45, 2.75) is 39.7 Å². The molecule has 1 heterocycles. The molecule has 0 unspecified atom stereocenters. The predicted octanol–water partition coefficient (Wildman–Crippen LogP) is 3.07. The molecule has 114 valence electrons. The average Bonchev–Trinajstić information content (AvgIpc) is 2.77. The lowest BCUT2D eigenvalue weighted by Gasteiger charge is -2.20. The zero-order valence-corrected chi connectivity index (χ0v) is 13.0. The van der Waals surface area contributed by atoms with E-state index in [0.717, 1.165) is 11.3 Å². The number of carbonyl (C=O) groups is 1. The van der Waals surface area contributed by atoms with Crippen LogP contribution in [0.25, 0.3) is 11.0 Å². The van der Waals surface area contributed by atoms with Crippen LogP contribution >= 0.6 is 0 Å². The quantitative estimate of drug-likeness (QED) is 0.860. The monoisotopic (exact) mass is 290 g/mol. The van der Waals surface area contributed by atoms with Gasteiger partial charge in [0, 0.05) is 18.6 Å². The number of hydrogen-bond acceptors (Lipinski definition) is 3. The molecule has 0 aliphatic heterocycles. The summed E-state index contributed by atoms with van der Waals surface area (Å²) < 4.78 is 7.50. The van der Waals surface area contributed by atoms with Crippen molar-refractivity contribution >= 4 is 17.0 Å². The zero-order chi connectivity index (χ0) is 15.6. The Balaban J connectivity index is 2.61. The van der Waals surface area contributed by atoms with E-state index in [2.05, 4.69) is 30.3 Å². The van der Waals surface area contributed by atoms with Crippen LogP contribution in [0.15, 0.2) is 18.2 Å². The summed E-state index contributed by atoms with van der Waals surface area (Å²) >= 11 is 0. The number of para-hydroxylation sites is 1. The lowest BCUT2D eigenvalue weighted by Crippen LogP contribution is -2.20. The van der Waals surface area contributed by atoms with Gasteiger partial charge < -0.3 is 14.4 Å². The number of aromatic nitrogens is 2. The van der Waals surface area contributed by atoms with Crippen molar-refractivity contribution in [1.82, 2.24) is 9.55 Å². The molecule has 0 atom stereocenters. The van der Waals surface area contributed by atoms with E-state index in [0.29, 0.717) is 25.3 Å². The lowest BCUT2D eigenvalue weighted by atomic mass is 9.95. The molecule has 5 heteroatoms. The minimum absolute atomic E-state index is 0.166. The fourth-order valence-electron chi connectivity index (χ4n) is 2.42. The van der Waals surface area contributed by atoms with Crippen molar-refractivity contribution in [2.75, 3.05) is 13.2 Å². The highest BCUT2D eigenvalue weighted by Gasteiger charge is 2.24. The van der Waals surface area contributed by atoms with Gasteiger partial charge >= 0.3 is 5.97 Å². The number of carboxylic acids is 1. The van der Waals surface area contributed by atoms with Gasteiger partial charge in [0.2, 0.25) is 0 Å². The maximum Gasteiger partial charge on any atom is 0.337 e. The second kappa shape index (κ2) is 5.85. The van der Waals surface area contributed by atoms with Crippen LogP contribution < -0.4 is 0 Å². The third-order valence-corrected chi connectivity index (χ3v) is 3.34. The Kier molecular flexibility index (Phi) is 4.32. The summed E-state index contributed by atoms with van der Waals surface area (Å²) in [6.07, 6.45) is 0. The number of benzene rings is 1. The number of nitrogens with zero attached hydrogens (tertiary/aromatic N) is 2. The molecule has 0 spiro atoms. The summed E-state index contributed by atoms with van der Waals surface area (Å²) in [6, 6.07) is 5.27. The second-order valence-corrected chi connectivity index (χ2v) is 6.01. The standard InChI is InChI=1S/C16H22N2O3/c1-5-21-10-9-18-12-8-6-7-11(14(19)20)13(12)17-15(18)16(2,3)4/h6-8H,5,9-10H2,1-4H3,(H,19,20). The van der Waals surface area contributed by atoms with E-state index >= 15 is 0 Å². The number of ether oxygens (including phenoxy) is 1. The number of rotatable bonds is 5. The van der Waals surface area contributed by atoms with E-state index in [1.54, 1.807) is 12.1 Å². The summed E-state index contributed by atoms with van der Waals surface area (Å²) in [5.41, 5.74) is 1.47. The average molecular weight is 290 g/mol. The molecule has 2 rings (SSSR count). The van der Waals surface area contributed by atoms with Gasteiger partial charge in [0.1, 0.15) is 11.3 Å². The van der Waals surface area contributed by atoms with E-state index in [9.17, 15) is 9.90 Å². The normalized spacial score (nSPS) is 12.0. The Morgan fingerprint density at radius 1 is 1.38 bits per heavy atom. The minimum atomic E-state index is -0.949. The van der Waals surface area contributed by atoms with Crippen LogP contribution in [0.4, 0.5) is 0 Å². The van der Waals surface area contributed by atoms with Crippen LogP contribution in [-0.4, -0.2) is 33.8 Å². The number of imidazole rings is 1. The van der Waals surface area contributed by atoms with Gasteiger partial charge in [0.05, 0.1) is 17.7 Å². The third kappa shape index (κ3) is 3.08. The molecule has 2 aromatic rings. The maximum atomic E-state index is 11.4. The van der Waals surface area contributed by atoms with E-state index in [-0.39, 0.29) is 11.0 Å².